The maximum Gasteiger partial charge on any atom is 0.187 e. The molecule has 0 aromatic heterocycles. The minimum Gasteiger partial charge on any atom is -0.503 e. The Labute approximate surface area is 97.7 Å². The van der Waals surface area contributed by atoms with E-state index in [1.807, 2.05) is 6.07 Å². The van der Waals surface area contributed by atoms with E-state index in [0.29, 0.717) is 11.1 Å². The summed E-state index contributed by atoms with van der Waals surface area (Å²) in [5.74, 6) is -2.90. The number of phenols is 1. The first-order valence-electron chi connectivity index (χ1n) is 5.03. The largest absolute Gasteiger partial charge is 0.503 e. The van der Waals surface area contributed by atoms with Gasteiger partial charge in [-0.2, -0.15) is 0 Å². The van der Waals surface area contributed by atoms with Crippen molar-refractivity contribution >= 4 is 6.08 Å². The zero-order valence-electron chi connectivity index (χ0n) is 8.95. The summed E-state index contributed by atoms with van der Waals surface area (Å²) >= 11 is 0. The van der Waals surface area contributed by atoms with Crippen LogP contribution in [0.3, 0.4) is 0 Å². The lowest BCUT2D eigenvalue weighted by Crippen LogP contribution is -1.88. The standard InChI is InChI=1S/C14H10F2O/c1-2-9-5-3-4-6-11(9)10-7-12(15)14(17)13(16)8-10/h2-8,17H,1H2. The molecule has 3 heteroatoms. The van der Waals surface area contributed by atoms with E-state index in [1.54, 1.807) is 24.3 Å². The van der Waals surface area contributed by atoms with Gasteiger partial charge in [-0.15, -0.1) is 0 Å². The van der Waals surface area contributed by atoms with Gasteiger partial charge in [0.25, 0.3) is 0 Å². The Kier molecular flexibility index (Phi) is 2.91. The zero-order chi connectivity index (χ0) is 12.4. The first-order chi connectivity index (χ1) is 8.13. The van der Waals surface area contributed by atoms with Gasteiger partial charge in [0.15, 0.2) is 17.4 Å². The van der Waals surface area contributed by atoms with Gasteiger partial charge in [-0.25, -0.2) is 8.78 Å². The molecular formula is C14H10F2O. The van der Waals surface area contributed by atoms with Crippen molar-refractivity contribution in [2.75, 3.05) is 0 Å². The molecule has 0 radical (unpaired) electrons. The highest BCUT2D eigenvalue weighted by Gasteiger charge is 2.11. The lowest BCUT2D eigenvalue weighted by Gasteiger charge is -2.07. The highest BCUT2D eigenvalue weighted by atomic mass is 19.1. The molecule has 86 valence electrons. The Morgan fingerprint density at radius 2 is 1.65 bits per heavy atom. The molecule has 0 heterocycles. The normalized spacial score (nSPS) is 10.2. The van der Waals surface area contributed by atoms with Crippen molar-refractivity contribution < 1.29 is 13.9 Å². The molecule has 1 nitrogen and oxygen atoms in total. The van der Waals surface area contributed by atoms with Crippen molar-refractivity contribution in [2.45, 2.75) is 0 Å². The molecule has 0 fully saturated rings. The van der Waals surface area contributed by atoms with Crippen LogP contribution >= 0.6 is 0 Å². The van der Waals surface area contributed by atoms with Crippen LogP contribution in [0.5, 0.6) is 5.75 Å². The van der Waals surface area contributed by atoms with Crippen LogP contribution in [-0.2, 0) is 0 Å². The third-order valence-electron chi connectivity index (χ3n) is 2.51. The van der Waals surface area contributed by atoms with Gasteiger partial charge in [0.05, 0.1) is 0 Å². The van der Waals surface area contributed by atoms with Crippen LogP contribution in [0.25, 0.3) is 17.2 Å². The van der Waals surface area contributed by atoms with Crippen molar-refractivity contribution in [1.29, 1.82) is 0 Å². The number of benzene rings is 2. The second kappa shape index (κ2) is 4.37. The summed E-state index contributed by atoms with van der Waals surface area (Å²) in [5.41, 5.74) is 1.81. The molecule has 0 aliphatic carbocycles. The van der Waals surface area contributed by atoms with Crippen LogP contribution in [0, 0.1) is 11.6 Å². The Hall–Kier alpha value is -2.16. The van der Waals surface area contributed by atoms with Crippen LogP contribution in [0.15, 0.2) is 43.0 Å². The number of aromatic hydroxyl groups is 1. The first kappa shape index (κ1) is 11.3. The third kappa shape index (κ3) is 2.04. The maximum atomic E-state index is 13.2. The molecule has 1 N–H and O–H groups in total. The van der Waals surface area contributed by atoms with Gasteiger partial charge in [-0.3, -0.25) is 0 Å². The van der Waals surface area contributed by atoms with E-state index in [-0.39, 0.29) is 0 Å². The average molecular weight is 232 g/mol. The number of rotatable bonds is 2. The second-order valence-electron chi connectivity index (χ2n) is 3.58. The molecule has 0 saturated carbocycles. The molecule has 0 saturated heterocycles. The number of phenolic OH excluding ortho intramolecular Hbond substituents is 1. The van der Waals surface area contributed by atoms with E-state index >= 15 is 0 Å². The molecule has 0 spiro atoms. The van der Waals surface area contributed by atoms with Crippen LogP contribution in [-0.4, -0.2) is 5.11 Å². The van der Waals surface area contributed by atoms with Gasteiger partial charge < -0.3 is 5.11 Å². The van der Waals surface area contributed by atoms with Crippen molar-refractivity contribution in [3.8, 4) is 16.9 Å². The number of hydrogen-bond acceptors (Lipinski definition) is 1. The summed E-state index contributed by atoms with van der Waals surface area (Å²) in [6, 6.07) is 9.31. The van der Waals surface area contributed by atoms with E-state index in [9.17, 15) is 8.78 Å². The maximum absolute atomic E-state index is 13.2. The summed E-state index contributed by atoms with van der Waals surface area (Å²) in [7, 11) is 0. The molecule has 2 aromatic rings. The van der Waals surface area contributed by atoms with Gasteiger partial charge in [-0.05, 0) is 28.8 Å². The number of hydrogen-bond donors (Lipinski definition) is 1. The average Bonchev–Trinajstić information content (AvgIpc) is 2.35. The van der Waals surface area contributed by atoms with Gasteiger partial charge in [0.1, 0.15) is 0 Å². The summed E-state index contributed by atoms with van der Waals surface area (Å²) < 4.78 is 26.5. The van der Waals surface area contributed by atoms with E-state index < -0.39 is 17.4 Å². The highest BCUT2D eigenvalue weighted by Crippen LogP contribution is 2.30. The molecule has 0 amide bonds. The third-order valence-corrected chi connectivity index (χ3v) is 2.51. The van der Waals surface area contributed by atoms with E-state index in [4.69, 9.17) is 5.11 Å². The molecule has 0 unspecified atom stereocenters. The van der Waals surface area contributed by atoms with Crippen LogP contribution in [0.4, 0.5) is 8.78 Å². The molecule has 0 aliphatic rings. The van der Waals surface area contributed by atoms with Gasteiger partial charge in [0.2, 0.25) is 0 Å². The Bertz CT molecular complexity index is 553. The fourth-order valence-corrected chi connectivity index (χ4v) is 1.66. The lowest BCUT2D eigenvalue weighted by molar-refractivity contribution is 0.396. The Morgan fingerprint density at radius 3 is 2.24 bits per heavy atom. The lowest BCUT2D eigenvalue weighted by atomic mass is 9.99. The minimum absolute atomic E-state index is 0.369. The smallest absolute Gasteiger partial charge is 0.187 e. The molecule has 0 bridgehead atoms. The molecule has 2 rings (SSSR count). The van der Waals surface area contributed by atoms with E-state index in [1.165, 1.54) is 0 Å². The predicted molar refractivity (Wildman–Crippen MR) is 63.5 cm³/mol. The van der Waals surface area contributed by atoms with Crippen molar-refractivity contribution in [3.05, 3.63) is 60.2 Å². The molecule has 0 atom stereocenters. The predicted octanol–water partition coefficient (Wildman–Crippen LogP) is 3.98. The topological polar surface area (TPSA) is 20.2 Å². The van der Waals surface area contributed by atoms with Crippen LogP contribution in [0.1, 0.15) is 5.56 Å². The monoisotopic (exact) mass is 232 g/mol. The quantitative estimate of drug-likeness (QED) is 0.830. The highest BCUT2D eigenvalue weighted by molar-refractivity contribution is 5.75. The minimum atomic E-state index is -0.973. The van der Waals surface area contributed by atoms with Crippen molar-refractivity contribution in [1.82, 2.24) is 0 Å². The summed E-state index contributed by atoms with van der Waals surface area (Å²) in [6.45, 7) is 3.64. The molecule has 0 aliphatic heterocycles. The fourth-order valence-electron chi connectivity index (χ4n) is 1.66. The molecular weight excluding hydrogens is 222 g/mol. The van der Waals surface area contributed by atoms with Gasteiger partial charge in [0, 0.05) is 0 Å². The van der Waals surface area contributed by atoms with Crippen molar-refractivity contribution in [3.63, 3.8) is 0 Å². The van der Waals surface area contributed by atoms with Crippen molar-refractivity contribution in [2.24, 2.45) is 0 Å². The Balaban J connectivity index is 2.65. The van der Waals surface area contributed by atoms with E-state index in [0.717, 1.165) is 17.7 Å². The van der Waals surface area contributed by atoms with E-state index in [2.05, 4.69) is 6.58 Å². The Morgan fingerprint density at radius 1 is 1.06 bits per heavy atom. The van der Waals surface area contributed by atoms with Gasteiger partial charge in [-0.1, -0.05) is 36.9 Å². The summed E-state index contributed by atoms with van der Waals surface area (Å²) in [5, 5.41) is 9.03. The molecule has 2 aromatic carbocycles. The summed E-state index contributed by atoms with van der Waals surface area (Å²) in [6.07, 6.45) is 1.61. The first-order valence-corrected chi connectivity index (χ1v) is 5.03. The SMILES string of the molecule is C=Cc1ccccc1-c1cc(F)c(O)c(F)c1. The summed E-state index contributed by atoms with van der Waals surface area (Å²) in [4.78, 5) is 0. The van der Waals surface area contributed by atoms with Gasteiger partial charge >= 0.3 is 0 Å². The molecule has 17 heavy (non-hydrogen) atoms. The number of halogens is 2. The van der Waals surface area contributed by atoms with Crippen LogP contribution < -0.4 is 0 Å². The second-order valence-corrected chi connectivity index (χ2v) is 3.58. The van der Waals surface area contributed by atoms with Crippen LogP contribution in [0.2, 0.25) is 0 Å². The zero-order valence-corrected chi connectivity index (χ0v) is 8.95. The fraction of sp³-hybridized carbons (Fsp3) is 0.